The molecule has 1 aromatic heterocycles. The first kappa shape index (κ1) is 17.0. The zero-order valence-corrected chi connectivity index (χ0v) is 15.3. The SMILES string of the molecule is COc1ccccc1N1CCN(Cc2csc(C(C)=O)c2)[C@H](C)C1. The van der Waals surface area contributed by atoms with Crippen LogP contribution in [0.2, 0.25) is 0 Å². The summed E-state index contributed by atoms with van der Waals surface area (Å²) in [5, 5.41) is 2.11. The molecule has 24 heavy (non-hydrogen) atoms. The van der Waals surface area contributed by atoms with Gasteiger partial charge in [-0.15, -0.1) is 11.3 Å². The van der Waals surface area contributed by atoms with E-state index >= 15 is 0 Å². The monoisotopic (exact) mass is 344 g/mol. The fourth-order valence-corrected chi connectivity index (χ4v) is 4.02. The number of para-hydroxylation sites is 2. The molecule has 0 bridgehead atoms. The van der Waals surface area contributed by atoms with Crippen molar-refractivity contribution in [3.05, 3.63) is 46.2 Å². The second kappa shape index (κ2) is 7.36. The Morgan fingerprint density at radius 2 is 2.12 bits per heavy atom. The number of hydrogen-bond donors (Lipinski definition) is 0. The summed E-state index contributed by atoms with van der Waals surface area (Å²) < 4.78 is 5.50. The number of Topliss-reactive ketones (excluding diaryl/α,β-unsaturated/α-hetero) is 1. The first-order chi connectivity index (χ1) is 11.6. The van der Waals surface area contributed by atoms with Gasteiger partial charge in [0, 0.05) is 32.2 Å². The summed E-state index contributed by atoms with van der Waals surface area (Å²) in [6.45, 7) is 7.76. The van der Waals surface area contributed by atoms with Gasteiger partial charge in [-0.25, -0.2) is 0 Å². The van der Waals surface area contributed by atoms with E-state index in [0.29, 0.717) is 6.04 Å². The van der Waals surface area contributed by atoms with Crippen molar-refractivity contribution >= 4 is 22.8 Å². The number of ether oxygens (including phenoxy) is 1. The molecule has 5 heteroatoms. The Balaban J connectivity index is 1.65. The highest BCUT2D eigenvalue weighted by Gasteiger charge is 2.25. The van der Waals surface area contributed by atoms with Crippen LogP contribution in [0, 0.1) is 0 Å². The first-order valence-electron chi connectivity index (χ1n) is 8.29. The van der Waals surface area contributed by atoms with Crippen LogP contribution in [0.3, 0.4) is 0 Å². The van der Waals surface area contributed by atoms with Crippen molar-refractivity contribution in [3.8, 4) is 5.75 Å². The lowest BCUT2D eigenvalue weighted by Crippen LogP contribution is -2.51. The summed E-state index contributed by atoms with van der Waals surface area (Å²) in [4.78, 5) is 17.2. The van der Waals surface area contributed by atoms with E-state index < -0.39 is 0 Å². The molecule has 128 valence electrons. The Morgan fingerprint density at radius 3 is 2.79 bits per heavy atom. The topological polar surface area (TPSA) is 32.8 Å². The van der Waals surface area contributed by atoms with Gasteiger partial charge >= 0.3 is 0 Å². The third-order valence-electron chi connectivity index (χ3n) is 4.58. The quantitative estimate of drug-likeness (QED) is 0.775. The molecule has 0 N–H and O–H groups in total. The van der Waals surface area contributed by atoms with Gasteiger partial charge in [0.05, 0.1) is 17.7 Å². The van der Waals surface area contributed by atoms with Crippen molar-refractivity contribution in [2.24, 2.45) is 0 Å². The van der Waals surface area contributed by atoms with Crippen molar-refractivity contribution in [1.29, 1.82) is 0 Å². The lowest BCUT2D eigenvalue weighted by molar-refractivity contribution is 0.102. The van der Waals surface area contributed by atoms with E-state index in [4.69, 9.17) is 4.74 Å². The normalized spacial score (nSPS) is 18.6. The smallest absolute Gasteiger partial charge is 0.169 e. The van der Waals surface area contributed by atoms with Gasteiger partial charge in [0.2, 0.25) is 0 Å². The second-order valence-electron chi connectivity index (χ2n) is 6.31. The molecule has 0 spiro atoms. The molecular weight excluding hydrogens is 320 g/mol. The molecule has 0 amide bonds. The first-order valence-corrected chi connectivity index (χ1v) is 9.17. The highest BCUT2D eigenvalue weighted by Crippen LogP contribution is 2.30. The summed E-state index contributed by atoms with van der Waals surface area (Å²) in [6, 6.07) is 10.7. The molecule has 0 aliphatic carbocycles. The van der Waals surface area contributed by atoms with Gasteiger partial charge in [-0.1, -0.05) is 12.1 Å². The van der Waals surface area contributed by atoms with Crippen molar-refractivity contribution in [2.75, 3.05) is 31.6 Å². The number of hydrogen-bond acceptors (Lipinski definition) is 5. The maximum absolute atomic E-state index is 11.5. The number of nitrogens with zero attached hydrogens (tertiary/aromatic N) is 2. The van der Waals surface area contributed by atoms with Crippen LogP contribution < -0.4 is 9.64 Å². The van der Waals surface area contributed by atoms with Crippen LogP contribution in [-0.2, 0) is 6.54 Å². The molecule has 1 atom stereocenters. The Bertz CT molecular complexity index is 713. The van der Waals surface area contributed by atoms with Crippen LogP contribution in [0.1, 0.15) is 29.1 Å². The number of methoxy groups -OCH3 is 1. The van der Waals surface area contributed by atoms with Gasteiger partial charge in [0.25, 0.3) is 0 Å². The molecular formula is C19H24N2O2S. The molecule has 2 aromatic rings. The Hall–Kier alpha value is -1.85. The average molecular weight is 344 g/mol. The largest absolute Gasteiger partial charge is 0.495 e. The second-order valence-corrected chi connectivity index (χ2v) is 7.22. The predicted molar refractivity (Wildman–Crippen MR) is 99.4 cm³/mol. The van der Waals surface area contributed by atoms with E-state index in [9.17, 15) is 4.79 Å². The van der Waals surface area contributed by atoms with Crippen molar-refractivity contribution in [2.45, 2.75) is 26.4 Å². The summed E-state index contributed by atoms with van der Waals surface area (Å²) in [6.07, 6.45) is 0. The zero-order chi connectivity index (χ0) is 17.1. The van der Waals surface area contributed by atoms with Gasteiger partial charge < -0.3 is 9.64 Å². The van der Waals surface area contributed by atoms with Gasteiger partial charge in [0.15, 0.2) is 5.78 Å². The third kappa shape index (κ3) is 3.62. The molecule has 0 unspecified atom stereocenters. The maximum Gasteiger partial charge on any atom is 0.169 e. The number of rotatable bonds is 5. The van der Waals surface area contributed by atoms with E-state index in [1.54, 1.807) is 25.4 Å². The summed E-state index contributed by atoms with van der Waals surface area (Å²) in [7, 11) is 1.72. The van der Waals surface area contributed by atoms with E-state index in [0.717, 1.165) is 36.8 Å². The van der Waals surface area contributed by atoms with E-state index in [1.807, 2.05) is 18.2 Å². The van der Waals surface area contributed by atoms with Crippen molar-refractivity contribution in [1.82, 2.24) is 4.90 Å². The van der Waals surface area contributed by atoms with E-state index in [2.05, 4.69) is 34.2 Å². The fraction of sp³-hybridized carbons (Fsp3) is 0.421. The van der Waals surface area contributed by atoms with E-state index in [1.165, 1.54) is 11.3 Å². The minimum absolute atomic E-state index is 0.153. The van der Waals surface area contributed by atoms with E-state index in [-0.39, 0.29) is 5.78 Å². The number of piperazine rings is 1. The van der Waals surface area contributed by atoms with Gasteiger partial charge in [0.1, 0.15) is 5.75 Å². The number of thiophene rings is 1. The molecule has 2 heterocycles. The molecule has 4 nitrogen and oxygen atoms in total. The lowest BCUT2D eigenvalue weighted by Gasteiger charge is -2.41. The highest BCUT2D eigenvalue weighted by atomic mass is 32.1. The fourth-order valence-electron chi connectivity index (χ4n) is 3.22. The van der Waals surface area contributed by atoms with Crippen LogP contribution in [0.15, 0.2) is 35.7 Å². The van der Waals surface area contributed by atoms with Crippen LogP contribution in [-0.4, -0.2) is 43.5 Å². The highest BCUT2D eigenvalue weighted by molar-refractivity contribution is 7.12. The lowest BCUT2D eigenvalue weighted by atomic mass is 10.1. The average Bonchev–Trinajstić information content (AvgIpc) is 3.05. The summed E-state index contributed by atoms with van der Waals surface area (Å²) in [5.74, 6) is 1.09. The van der Waals surface area contributed by atoms with Gasteiger partial charge in [-0.2, -0.15) is 0 Å². The molecule has 3 rings (SSSR count). The minimum atomic E-state index is 0.153. The molecule has 0 saturated carbocycles. The van der Waals surface area contributed by atoms with Crippen LogP contribution >= 0.6 is 11.3 Å². The number of ketones is 1. The Labute approximate surface area is 147 Å². The molecule has 1 fully saturated rings. The van der Waals surface area contributed by atoms with Gasteiger partial charge in [-0.3, -0.25) is 9.69 Å². The zero-order valence-electron chi connectivity index (χ0n) is 14.5. The van der Waals surface area contributed by atoms with Crippen LogP contribution in [0.25, 0.3) is 0 Å². The predicted octanol–water partition coefficient (Wildman–Crippen LogP) is 3.67. The van der Waals surface area contributed by atoms with Crippen LogP contribution in [0.5, 0.6) is 5.75 Å². The summed E-state index contributed by atoms with van der Waals surface area (Å²) >= 11 is 1.55. The summed E-state index contributed by atoms with van der Waals surface area (Å²) in [5.41, 5.74) is 2.41. The maximum atomic E-state index is 11.5. The van der Waals surface area contributed by atoms with Crippen LogP contribution in [0.4, 0.5) is 5.69 Å². The third-order valence-corrected chi connectivity index (χ3v) is 5.66. The Morgan fingerprint density at radius 1 is 1.33 bits per heavy atom. The van der Waals surface area contributed by atoms with Gasteiger partial charge in [-0.05, 0) is 43.0 Å². The molecule has 0 radical (unpaired) electrons. The minimum Gasteiger partial charge on any atom is -0.495 e. The number of anilines is 1. The molecule has 1 aliphatic rings. The molecule has 1 aliphatic heterocycles. The number of carbonyl (C=O) groups excluding carboxylic acids is 1. The molecule has 1 saturated heterocycles. The van der Waals surface area contributed by atoms with Crippen molar-refractivity contribution in [3.63, 3.8) is 0 Å². The van der Waals surface area contributed by atoms with Crippen molar-refractivity contribution < 1.29 is 9.53 Å². The number of benzene rings is 1. The standard InChI is InChI=1S/C19H24N2O2S/c1-14-11-21(17-6-4-5-7-18(17)23-3)9-8-20(14)12-16-10-19(15(2)22)24-13-16/h4-7,10,13-14H,8-9,11-12H2,1-3H3/t14-/m1/s1. The molecule has 1 aromatic carbocycles. The number of carbonyl (C=O) groups is 1. The Kier molecular flexibility index (Phi) is 5.21.